The zero-order valence-electron chi connectivity index (χ0n) is 12.5. The minimum absolute atomic E-state index is 0.0297. The van der Waals surface area contributed by atoms with Crippen LogP contribution in [0.15, 0.2) is 22.7 Å². The summed E-state index contributed by atoms with van der Waals surface area (Å²) in [7, 11) is 0. The highest BCUT2D eigenvalue weighted by Gasteiger charge is 2.42. The van der Waals surface area contributed by atoms with Crippen molar-refractivity contribution in [2.24, 2.45) is 5.41 Å². The average Bonchev–Trinajstić information content (AvgIpc) is 3.22. The lowest BCUT2D eigenvalue weighted by Crippen LogP contribution is -2.32. The summed E-state index contributed by atoms with van der Waals surface area (Å²) in [6, 6.07) is 4.25. The molecule has 0 unspecified atom stereocenters. The van der Waals surface area contributed by atoms with Crippen molar-refractivity contribution < 1.29 is 18.8 Å². The third kappa shape index (κ3) is 2.96. The van der Waals surface area contributed by atoms with Gasteiger partial charge in [0.25, 0.3) is 5.91 Å². The van der Waals surface area contributed by atoms with Crippen molar-refractivity contribution >= 4 is 17.5 Å². The molecule has 0 aliphatic heterocycles. The number of benzene rings is 1. The summed E-state index contributed by atoms with van der Waals surface area (Å²) in [4.78, 5) is 12.5. The van der Waals surface area contributed by atoms with Gasteiger partial charge in [0.05, 0.1) is 17.2 Å². The van der Waals surface area contributed by atoms with Gasteiger partial charge in [-0.25, -0.2) is 4.39 Å². The third-order valence-electron chi connectivity index (χ3n) is 4.21. The van der Waals surface area contributed by atoms with Crippen LogP contribution in [0.4, 0.5) is 4.39 Å². The van der Waals surface area contributed by atoms with E-state index >= 15 is 0 Å². The minimum atomic E-state index is -0.575. The monoisotopic (exact) mass is 338 g/mol. The summed E-state index contributed by atoms with van der Waals surface area (Å²) in [5.41, 5.74) is 0.0541. The van der Waals surface area contributed by atoms with E-state index in [2.05, 4.69) is 10.5 Å². The number of hydrogen-bond donors (Lipinski definition) is 2. The highest BCUT2D eigenvalue weighted by Crippen LogP contribution is 2.44. The van der Waals surface area contributed by atoms with Gasteiger partial charge in [-0.1, -0.05) is 22.8 Å². The van der Waals surface area contributed by atoms with E-state index in [4.69, 9.17) is 16.1 Å². The molecule has 1 aliphatic carbocycles. The molecule has 1 aromatic heterocycles. The number of hydrogen-bond acceptors (Lipinski definition) is 4. The second-order valence-corrected chi connectivity index (χ2v) is 6.31. The predicted octanol–water partition coefficient (Wildman–Crippen LogP) is 2.94. The molecule has 23 heavy (non-hydrogen) atoms. The number of aliphatic hydroxyl groups is 1. The molecule has 1 amide bonds. The SMILES string of the molecule is Cc1onc(-c2c(F)cccc2Cl)c1C(=O)NCC1(CO)CC1. The maximum atomic E-state index is 14.1. The van der Waals surface area contributed by atoms with Crippen molar-refractivity contribution in [1.82, 2.24) is 10.5 Å². The molecule has 5 nitrogen and oxygen atoms in total. The topological polar surface area (TPSA) is 75.4 Å². The third-order valence-corrected chi connectivity index (χ3v) is 4.52. The Hall–Kier alpha value is -1.92. The average molecular weight is 339 g/mol. The van der Waals surface area contributed by atoms with E-state index < -0.39 is 11.7 Å². The smallest absolute Gasteiger partial charge is 0.257 e. The molecular weight excluding hydrogens is 323 g/mol. The normalized spacial score (nSPS) is 15.5. The van der Waals surface area contributed by atoms with E-state index in [-0.39, 0.29) is 39.6 Å². The first-order chi connectivity index (χ1) is 11.0. The highest BCUT2D eigenvalue weighted by molar-refractivity contribution is 6.33. The first kappa shape index (κ1) is 16.0. The van der Waals surface area contributed by atoms with Crippen molar-refractivity contribution in [1.29, 1.82) is 0 Å². The fraction of sp³-hybridized carbons (Fsp3) is 0.375. The van der Waals surface area contributed by atoms with Crippen LogP contribution in [0, 0.1) is 18.2 Å². The molecule has 0 radical (unpaired) electrons. The number of aromatic nitrogens is 1. The van der Waals surface area contributed by atoms with Crippen LogP contribution in [0.2, 0.25) is 5.02 Å². The van der Waals surface area contributed by atoms with Gasteiger partial charge < -0.3 is 14.9 Å². The molecule has 0 bridgehead atoms. The quantitative estimate of drug-likeness (QED) is 0.879. The molecule has 1 fully saturated rings. The first-order valence-electron chi connectivity index (χ1n) is 7.27. The fourth-order valence-corrected chi connectivity index (χ4v) is 2.71. The van der Waals surface area contributed by atoms with E-state index in [1.165, 1.54) is 18.2 Å². The van der Waals surface area contributed by atoms with Crippen LogP contribution in [0.3, 0.4) is 0 Å². The molecule has 0 spiro atoms. The van der Waals surface area contributed by atoms with Crippen molar-refractivity contribution in [3.8, 4) is 11.3 Å². The fourth-order valence-electron chi connectivity index (χ4n) is 2.46. The van der Waals surface area contributed by atoms with Gasteiger partial charge in [0.15, 0.2) is 0 Å². The summed E-state index contributed by atoms with van der Waals surface area (Å²) in [5.74, 6) is -0.711. The zero-order chi connectivity index (χ0) is 16.6. The molecular formula is C16H16ClFN2O3. The van der Waals surface area contributed by atoms with E-state index in [1.54, 1.807) is 6.92 Å². The Labute approximate surface area is 137 Å². The molecule has 7 heteroatoms. The second kappa shape index (κ2) is 5.94. The lowest BCUT2D eigenvalue weighted by Gasteiger charge is -2.13. The Morgan fingerprint density at radius 1 is 1.52 bits per heavy atom. The van der Waals surface area contributed by atoms with Gasteiger partial charge in [0.1, 0.15) is 22.8 Å². The number of carbonyl (C=O) groups is 1. The van der Waals surface area contributed by atoms with E-state index in [9.17, 15) is 14.3 Å². The summed E-state index contributed by atoms with van der Waals surface area (Å²) < 4.78 is 19.2. The van der Waals surface area contributed by atoms with Crippen molar-refractivity contribution in [3.05, 3.63) is 40.4 Å². The number of aliphatic hydroxyl groups excluding tert-OH is 1. The summed E-state index contributed by atoms with van der Waals surface area (Å²) in [6.07, 6.45) is 1.75. The van der Waals surface area contributed by atoms with Crippen molar-refractivity contribution in [3.63, 3.8) is 0 Å². The molecule has 1 aromatic carbocycles. The van der Waals surface area contributed by atoms with Gasteiger partial charge in [0.2, 0.25) is 0 Å². The van der Waals surface area contributed by atoms with Crippen LogP contribution >= 0.6 is 11.6 Å². The largest absolute Gasteiger partial charge is 0.396 e. The van der Waals surface area contributed by atoms with Gasteiger partial charge in [0, 0.05) is 12.0 Å². The number of rotatable bonds is 5. The molecule has 1 saturated carbocycles. The summed E-state index contributed by atoms with van der Waals surface area (Å²) in [6.45, 7) is 1.97. The van der Waals surface area contributed by atoms with Crippen LogP contribution in [0.1, 0.15) is 29.0 Å². The molecule has 1 heterocycles. The molecule has 2 aromatic rings. The molecule has 2 N–H and O–H groups in total. The Bertz CT molecular complexity index is 736. The van der Waals surface area contributed by atoms with Gasteiger partial charge in [-0.2, -0.15) is 0 Å². The van der Waals surface area contributed by atoms with E-state index in [1.807, 2.05) is 0 Å². The lowest BCUT2D eigenvalue weighted by atomic mass is 10.0. The van der Waals surface area contributed by atoms with Crippen molar-refractivity contribution in [2.75, 3.05) is 13.2 Å². The van der Waals surface area contributed by atoms with Crippen molar-refractivity contribution in [2.45, 2.75) is 19.8 Å². The maximum absolute atomic E-state index is 14.1. The number of nitrogens with one attached hydrogen (secondary N) is 1. The van der Waals surface area contributed by atoms with Crippen LogP contribution in [0.5, 0.6) is 0 Å². The molecule has 122 valence electrons. The standard InChI is InChI=1S/C16H16ClFN2O3/c1-9-12(15(22)19-7-16(8-21)5-6-16)14(20-23-9)13-10(17)3-2-4-11(13)18/h2-4,21H,5-8H2,1H3,(H,19,22). The molecule has 0 saturated heterocycles. The van der Waals surface area contributed by atoms with Gasteiger partial charge in [-0.05, 0) is 31.9 Å². The number of carbonyl (C=O) groups excluding carboxylic acids is 1. The van der Waals surface area contributed by atoms with Crippen LogP contribution < -0.4 is 5.32 Å². The van der Waals surface area contributed by atoms with Crippen LogP contribution in [-0.4, -0.2) is 29.3 Å². The Morgan fingerprint density at radius 2 is 2.26 bits per heavy atom. The molecule has 1 aliphatic rings. The maximum Gasteiger partial charge on any atom is 0.257 e. The number of amides is 1. The van der Waals surface area contributed by atoms with Crippen LogP contribution in [0.25, 0.3) is 11.3 Å². The van der Waals surface area contributed by atoms with Crippen LogP contribution in [-0.2, 0) is 0 Å². The minimum Gasteiger partial charge on any atom is -0.396 e. The van der Waals surface area contributed by atoms with Gasteiger partial charge >= 0.3 is 0 Å². The summed E-state index contributed by atoms with van der Waals surface area (Å²) in [5, 5.41) is 16.0. The number of aryl methyl sites for hydroxylation is 1. The summed E-state index contributed by atoms with van der Waals surface area (Å²) >= 11 is 6.05. The van der Waals surface area contributed by atoms with Gasteiger partial charge in [-0.3, -0.25) is 4.79 Å². The Balaban J connectivity index is 1.91. The van der Waals surface area contributed by atoms with E-state index in [0.717, 1.165) is 12.8 Å². The second-order valence-electron chi connectivity index (χ2n) is 5.90. The zero-order valence-corrected chi connectivity index (χ0v) is 13.3. The molecule has 3 rings (SSSR count). The Kier molecular flexibility index (Phi) is 4.12. The van der Waals surface area contributed by atoms with E-state index in [0.29, 0.717) is 6.54 Å². The highest BCUT2D eigenvalue weighted by atomic mass is 35.5. The Morgan fingerprint density at radius 3 is 2.87 bits per heavy atom. The molecule has 0 atom stereocenters. The number of halogens is 2. The predicted molar refractivity (Wildman–Crippen MR) is 82.7 cm³/mol. The van der Waals surface area contributed by atoms with Gasteiger partial charge in [-0.15, -0.1) is 0 Å². The lowest BCUT2D eigenvalue weighted by molar-refractivity contribution is 0.0934. The number of nitrogens with zero attached hydrogens (tertiary/aromatic N) is 1. The first-order valence-corrected chi connectivity index (χ1v) is 7.65.